The molecule has 1 aliphatic heterocycles. The van der Waals surface area contributed by atoms with E-state index in [-0.39, 0.29) is 11.9 Å². The Hall–Kier alpha value is -1.90. The first-order chi connectivity index (χ1) is 9.24. The predicted molar refractivity (Wildman–Crippen MR) is 69.9 cm³/mol. The maximum Gasteiger partial charge on any atom is 0.248 e. The van der Waals surface area contributed by atoms with E-state index in [1.54, 1.807) is 4.90 Å². The average molecular weight is 259 g/mol. The molecule has 1 atom stereocenters. The molecule has 100 valence electrons. The Kier molecular flexibility index (Phi) is 4.50. The number of benzene rings is 1. The fourth-order valence-corrected chi connectivity index (χ4v) is 2.28. The highest BCUT2D eigenvalue weighted by atomic mass is 16.3. The number of hydrogen-bond acceptors (Lipinski definition) is 4. The van der Waals surface area contributed by atoms with Gasteiger partial charge in [0.05, 0.1) is 6.07 Å². The van der Waals surface area contributed by atoms with Gasteiger partial charge in [0.15, 0.2) is 0 Å². The molecule has 0 aliphatic carbocycles. The second-order valence-corrected chi connectivity index (χ2v) is 4.60. The quantitative estimate of drug-likeness (QED) is 0.843. The molecule has 2 rings (SSSR count). The monoisotopic (exact) mass is 259 g/mol. The van der Waals surface area contributed by atoms with Crippen LogP contribution in [0.2, 0.25) is 0 Å². The molecule has 5 nitrogen and oxygen atoms in total. The zero-order chi connectivity index (χ0) is 13.7. The minimum atomic E-state index is -0.489. The van der Waals surface area contributed by atoms with Crippen molar-refractivity contribution in [2.24, 2.45) is 0 Å². The molecule has 0 radical (unpaired) electrons. The van der Waals surface area contributed by atoms with E-state index in [2.05, 4.69) is 11.0 Å². The Morgan fingerprint density at radius 3 is 2.74 bits per heavy atom. The number of carbonyl (C=O) groups excluding carboxylic acids is 1. The fraction of sp³-hybridized carbons (Fsp3) is 0.429. The Morgan fingerprint density at radius 2 is 2.11 bits per heavy atom. The van der Waals surface area contributed by atoms with Gasteiger partial charge in [0.2, 0.25) is 5.91 Å². The lowest BCUT2D eigenvalue weighted by Gasteiger charge is -2.38. The third kappa shape index (κ3) is 3.31. The molecule has 0 spiro atoms. The van der Waals surface area contributed by atoms with Gasteiger partial charge in [-0.15, -0.1) is 0 Å². The molecule has 1 aromatic carbocycles. The van der Waals surface area contributed by atoms with Gasteiger partial charge >= 0.3 is 0 Å². The number of aliphatic hydroxyl groups is 1. The van der Waals surface area contributed by atoms with Crippen molar-refractivity contribution in [2.75, 3.05) is 26.2 Å². The molecule has 1 amide bonds. The summed E-state index contributed by atoms with van der Waals surface area (Å²) in [5.74, 6) is -0.306. The minimum Gasteiger partial charge on any atom is -0.387 e. The third-order valence-electron chi connectivity index (χ3n) is 3.36. The summed E-state index contributed by atoms with van der Waals surface area (Å²) in [4.78, 5) is 15.1. The van der Waals surface area contributed by atoms with Crippen LogP contribution in [0.3, 0.4) is 0 Å². The Labute approximate surface area is 112 Å². The maximum atomic E-state index is 11.4. The highest BCUT2D eigenvalue weighted by Crippen LogP contribution is 2.13. The van der Waals surface area contributed by atoms with Crippen LogP contribution >= 0.6 is 0 Å². The molecule has 19 heavy (non-hydrogen) atoms. The van der Waals surface area contributed by atoms with Gasteiger partial charge in [0.1, 0.15) is 12.6 Å². The zero-order valence-electron chi connectivity index (χ0n) is 10.7. The summed E-state index contributed by atoms with van der Waals surface area (Å²) in [5.41, 5.74) is 1.16. The molecular formula is C14H17N3O2. The fourth-order valence-electron chi connectivity index (χ4n) is 2.28. The van der Waals surface area contributed by atoms with Gasteiger partial charge in [-0.2, -0.15) is 5.26 Å². The van der Waals surface area contributed by atoms with Crippen LogP contribution in [0.25, 0.3) is 0 Å². The second kappa shape index (κ2) is 6.32. The van der Waals surface area contributed by atoms with Crippen LogP contribution in [0.1, 0.15) is 5.56 Å². The van der Waals surface area contributed by atoms with Crippen molar-refractivity contribution in [3.8, 4) is 6.07 Å². The SMILES string of the molecule is N#CC1CN(C(=O)CO)CCN1Cc1ccccc1. The standard InChI is InChI=1S/C14H17N3O2/c15-8-13-10-17(14(19)11-18)7-6-16(13)9-12-4-2-1-3-5-12/h1-5,13,18H,6-7,9-11H2. The molecule has 1 N–H and O–H groups in total. The van der Waals surface area contributed by atoms with E-state index in [1.807, 2.05) is 30.3 Å². The minimum absolute atomic E-state index is 0.306. The van der Waals surface area contributed by atoms with Crippen LogP contribution in [-0.2, 0) is 11.3 Å². The molecule has 1 heterocycles. The molecule has 1 unspecified atom stereocenters. The van der Waals surface area contributed by atoms with E-state index in [1.165, 1.54) is 0 Å². The molecule has 1 aromatic rings. The first-order valence-corrected chi connectivity index (χ1v) is 6.31. The van der Waals surface area contributed by atoms with Crippen LogP contribution in [0.15, 0.2) is 30.3 Å². The van der Waals surface area contributed by atoms with E-state index in [0.29, 0.717) is 26.2 Å². The zero-order valence-corrected chi connectivity index (χ0v) is 10.7. The summed E-state index contributed by atoms with van der Waals surface area (Å²) in [5, 5.41) is 18.1. The van der Waals surface area contributed by atoms with Crippen molar-refractivity contribution in [3.05, 3.63) is 35.9 Å². The maximum absolute atomic E-state index is 11.4. The highest BCUT2D eigenvalue weighted by molar-refractivity contribution is 5.77. The summed E-state index contributed by atoms with van der Waals surface area (Å²) in [6, 6.07) is 11.9. The molecule has 1 fully saturated rings. The van der Waals surface area contributed by atoms with Crippen molar-refractivity contribution in [1.29, 1.82) is 5.26 Å². The van der Waals surface area contributed by atoms with Gasteiger partial charge in [-0.25, -0.2) is 0 Å². The van der Waals surface area contributed by atoms with Crippen LogP contribution in [0.5, 0.6) is 0 Å². The molecule has 0 saturated carbocycles. The van der Waals surface area contributed by atoms with Gasteiger partial charge in [-0.05, 0) is 5.56 Å². The number of piperazine rings is 1. The largest absolute Gasteiger partial charge is 0.387 e. The average Bonchev–Trinajstić information content (AvgIpc) is 2.48. The number of nitriles is 1. The summed E-state index contributed by atoms with van der Waals surface area (Å²) in [6.07, 6.45) is 0. The first-order valence-electron chi connectivity index (χ1n) is 6.31. The Morgan fingerprint density at radius 1 is 1.37 bits per heavy atom. The summed E-state index contributed by atoms with van der Waals surface area (Å²) >= 11 is 0. The van der Waals surface area contributed by atoms with Gasteiger partial charge < -0.3 is 10.0 Å². The van der Waals surface area contributed by atoms with Crippen molar-refractivity contribution in [2.45, 2.75) is 12.6 Å². The molecule has 5 heteroatoms. The highest BCUT2D eigenvalue weighted by Gasteiger charge is 2.28. The van der Waals surface area contributed by atoms with Crippen LogP contribution in [0, 0.1) is 11.3 Å². The second-order valence-electron chi connectivity index (χ2n) is 4.60. The molecule has 1 aliphatic rings. The summed E-state index contributed by atoms with van der Waals surface area (Å²) < 4.78 is 0. The van der Waals surface area contributed by atoms with E-state index in [4.69, 9.17) is 5.11 Å². The molecule has 0 aromatic heterocycles. The summed E-state index contributed by atoms with van der Waals surface area (Å²) in [7, 11) is 0. The lowest BCUT2D eigenvalue weighted by atomic mass is 10.1. The normalized spacial score (nSPS) is 20.0. The third-order valence-corrected chi connectivity index (χ3v) is 3.36. The van der Waals surface area contributed by atoms with Crippen LogP contribution in [-0.4, -0.2) is 53.1 Å². The van der Waals surface area contributed by atoms with E-state index in [0.717, 1.165) is 5.56 Å². The van der Waals surface area contributed by atoms with Crippen molar-refractivity contribution in [1.82, 2.24) is 9.80 Å². The number of aliphatic hydroxyl groups excluding tert-OH is 1. The molecule has 1 saturated heterocycles. The van der Waals surface area contributed by atoms with Crippen molar-refractivity contribution >= 4 is 5.91 Å². The molecule has 0 bridgehead atoms. The van der Waals surface area contributed by atoms with Gasteiger partial charge in [0.25, 0.3) is 0 Å². The van der Waals surface area contributed by atoms with Gasteiger partial charge in [-0.1, -0.05) is 30.3 Å². The van der Waals surface area contributed by atoms with Crippen molar-refractivity contribution in [3.63, 3.8) is 0 Å². The number of rotatable bonds is 3. The first kappa shape index (κ1) is 13.5. The number of hydrogen-bond donors (Lipinski definition) is 1. The van der Waals surface area contributed by atoms with E-state index >= 15 is 0 Å². The van der Waals surface area contributed by atoms with Gasteiger partial charge in [-0.3, -0.25) is 9.69 Å². The van der Waals surface area contributed by atoms with Gasteiger partial charge in [0, 0.05) is 26.2 Å². The number of amides is 1. The lowest BCUT2D eigenvalue weighted by Crippen LogP contribution is -2.54. The number of nitrogens with zero attached hydrogens (tertiary/aromatic N) is 3. The Balaban J connectivity index is 2.00. The molecular weight excluding hydrogens is 242 g/mol. The van der Waals surface area contributed by atoms with Crippen LogP contribution in [0.4, 0.5) is 0 Å². The number of carbonyl (C=O) groups is 1. The smallest absolute Gasteiger partial charge is 0.248 e. The van der Waals surface area contributed by atoms with E-state index in [9.17, 15) is 10.1 Å². The van der Waals surface area contributed by atoms with Crippen molar-refractivity contribution < 1.29 is 9.90 Å². The topological polar surface area (TPSA) is 67.6 Å². The Bertz CT molecular complexity index is 469. The summed E-state index contributed by atoms with van der Waals surface area (Å²) in [6.45, 7) is 1.79. The predicted octanol–water partition coefficient (Wildman–Crippen LogP) is 0.215. The van der Waals surface area contributed by atoms with Crippen LogP contribution < -0.4 is 0 Å². The van der Waals surface area contributed by atoms with E-state index < -0.39 is 6.61 Å². The lowest BCUT2D eigenvalue weighted by molar-refractivity contribution is -0.136.